The first-order valence-electron chi connectivity index (χ1n) is 5.18. The summed E-state index contributed by atoms with van der Waals surface area (Å²) < 4.78 is 1.07. The first-order valence-corrected chi connectivity index (χ1v) is 6.35. The molecule has 2 aromatic carbocycles. The van der Waals surface area contributed by atoms with Crippen LogP contribution in [0.5, 0.6) is 0 Å². The number of halogens is 2. The van der Waals surface area contributed by atoms with E-state index in [9.17, 15) is 0 Å². The molecule has 0 saturated carbocycles. The highest BCUT2D eigenvalue weighted by Gasteiger charge is 2.00. The van der Waals surface area contributed by atoms with E-state index >= 15 is 0 Å². The number of nitrogen functional groups attached to an aromatic ring is 1. The van der Waals surface area contributed by atoms with Crippen molar-refractivity contribution in [2.24, 2.45) is 0 Å². The Kier molecular flexibility index (Phi) is 3.92. The minimum atomic E-state index is 0.678. The summed E-state index contributed by atoms with van der Waals surface area (Å²) in [6.45, 7) is 0.720. The van der Waals surface area contributed by atoms with Crippen molar-refractivity contribution in [1.29, 1.82) is 0 Å². The molecule has 0 aliphatic heterocycles. The topological polar surface area (TPSA) is 38.0 Å². The maximum absolute atomic E-state index is 5.92. The molecule has 0 bridgehead atoms. The Morgan fingerprint density at radius 2 is 1.82 bits per heavy atom. The maximum Gasteiger partial charge on any atom is 0.0591 e. The molecule has 17 heavy (non-hydrogen) atoms. The molecule has 0 amide bonds. The van der Waals surface area contributed by atoms with E-state index in [-0.39, 0.29) is 0 Å². The Morgan fingerprint density at radius 1 is 1.12 bits per heavy atom. The molecule has 3 N–H and O–H groups in total. The molecule has 0 aliphatic carbocycles. The molecule has 0 aliphatic rings. The van der Waals surface area contributed by atoms with Crippen LogP contribution in [0.2, 0.25) is 5.02 Å². The molecule has 0 aromatic heterocycles. The molecule has 0 fully saturated rings. The van der Waals surface area contributed by atoms with Crippen molar-refractivity contribution in [2.45, 2.75) is 6.54 Å². The molecule has 2 aromatic rings. The third-order valence-electron chi connectivity index (χ3n) is 2.41. The van der Waals surface area contributed by atoms with Crippen LogP contribution in [0.3, 0.4) is 0 Å². The lowest BCUT2D eigenvalue weighted by atomic mass is 10.2. The molecule has 2 rings (SSSR count). The molecule has 0 spiro atoms. The zero-order valence-corrected chi connectivity index (χ0v) is 11.4. The fourth-order valence-corrected chi connectivity index (χ4v) is 1.92. The van der Waals surface area contributed by atoms with Gasteiger partial charge in [-0.1, -0.05) is 39.7 Å². The summed E-state index contributed by atoms with van der Waals surface area (Å²) in [5, 5.41) is 3.94. The number of rotatable bonds is 3. The van der Waals surface area contributed by atoms with Gasteiger partial charge in [0.2, 0.25) is 0 Å². The lowest BCUT2D eigenvalue weighted by molar-refractivity contribution is 1.15. The van der Waals surface area contributed by atoms with Gasteiger partial charge in [-0.15, -0.1) is 0 Å². The van der Waals surface area contributed by atoms with E-state index < -0.39 is 0 Å². The zero-order valence-electron chi connectivity index (χ0n) is 9.08. The average Bonchev–Trinajstić information content (AvgIpc) is 2.32. The van der Waals surface area contributed by atoms with Gasteiger partial charge in [0.25, 0.3) is 0 Å². The summed E-state index contributed by atoms with van der Waals surface area (Å²) in [6.07, 6.45) is 0. The van der Waals surface area contributed by atoms with Gasteiger partial charge in [-0.3, -0.25) is 0 Å². The number of anilines is 2. The van der Waals surface area contributed by atoms with Crippen molar-refractivity contribution in [3.05, 3.63) is 57.5 Å². The highest BCUT2D eigenvalue weighted by molar-refractivity contribution is 9.10. The van der Waals surface area contributed by atoms with Crippen LogP contribution in [0.1, 0.15) is 5.56 Å². The first-order chi connectivity index (χ1) is 8.15. The summed E-state index contributed by atoms with van der Waals surface area (Å²) >= 11 is 9.32. The molecule has 0 unspecified atom stereocenters. The van der Waals surface area contributed by atoms with Crippen molar-refractivity contribution in [1.82, 2.24) is 0 Å². The quantitative estimate of drug-likeness (QED) is 0.830. The summed E-state index contributed by atoms with van der Waals surface area (Å²) in [4.78, 5) is 0. The van der Waals surface area contributed by atoms with Gasteiger partial charge in [0.15, 0.2) is 0 Å². The van der Waals surface area contributed by atoms with Gasteiger partial charge < -0.3 is 11.1 Å². The molecular formula is C13H12BrClN2. The predicted octanol–water partition coefficient (Wildman–Crippen LogP) is 4.30. The van der Waals surface area contributed by atoms with Crippen LogP contribution in [0.15, 0.2) is 46.9 Å². The third kappa shape index (κ3) is 3.38. The normalized spacial score (nSPS) is 10.2. The van der Waals surface area contributed by atoms with Gasteiger partial charge in [0, 0.05) is 16.0 Å². The standard InChI is InChI=1S/C13H12BrClN2/c14-10-3-1-9(2-4-10)8-17-13-7-11(15)5-6-12(13)16/h1-7,17H,8,16H2. The smallest absolute Gasteiger partial charge is 0.0591 e. The molecule has 0 heterocycles. The largest absolute Gasteiger partial charge is 0.397 e. The minimum absolute atomic E-state index is 0.678. The van der Waals surface area contributed by atoms with E-state index in [0.717, 1.165) is 16.7 Å². The van der Waals surface area contributed by atoms with Crippen molar-refractivity contribution in [3.63, 3.8) is 0 Å². The second kappa shape index (κ2) is 5.43. The Bertz CT molecular complexity index is 511. The number of hydrogen-bond acceptors (Lipinski definition) is 2. The van der Waals surface area contributed by atoms with Crippen molar-refractivity contribution in [2.75, 3.05) is 11.1 Å². The number of nitrogens with two attached hydrogens (primary N) is 1. The molecule has 0 saturated heterocycles. The molecule has 0 radical (unpaired) electrons. The third-order valence-corrected chi connectivity index (χ3v) is 3.18. The Hall–Kier alpha value is -1.19. The van der Waals surface area contributed by atoms with E-state index in [2.05, 4.69) is 33.4 Å². The van der Waals surface area contributed by atoms with E-state index in [4.69, 9.17) is 17.3 Å². The van der Waals surface area contributed by atoms with E-state index in [1.807, 2.05) is 18.2 Å². The Labute approximate surface area is 114 Å². The van der Waals surface area contributed by atoms with E-state index in [1.54, 1.807) is 12.1 Å². The second-order valence-corrected chi connectivity index (χ2v) is 5.06. The van der Waals surface area contributed by atoms with Crippen LogP contribution in [-0.4, -0.2) is 0 Å². The molecular weight excluding hydrogens is 300 g/mol. The highest BCUT2D eigenvalue weighted by Crippen LogP contribution is 2.23. The number of hydrogen-bond donors (Lipinski definition) is 2. The van der Waals surface area contributed by atoms with Gasteiger partial charge >= 0.3 is 0 Å². The highest BCUT2D eigenvalue weighted by atomic mass is 79.9. The molecule has 2 nitrogen and oxygen atoms in total. The van der Waals surface area contributed by atoms with Crippen LogP contribution >= 0.6 is 27.5 Å². The number of benzene rings is 2. The van der Waals surface area contributed by atoms with Crippen molar-refractivity contribution in [3.8, 4) is 0 Å². The van der Waals surface area contributed by atoms with Gasteiger partial charge in [-0.25, -0.2) is 0 Å². The molecule has 88 valence electrons. The first kappa shape index (κ1) is 12.3. The van der Waals surface area contributed by atoms with Crippen LogP contribution in [0, 0.1) is 0 Å². The maximum atomic E-state index is 5.92. The lowest BCUT2D eigenvalue weighted by Gasteiger charge is -2.09. The summed E-state index contributed by atoms with van der Waals surface area (Å²) in [6, 6.07) is 13.5. The van der Waals surface area contributed by atoms with Gasteiger partial charge in [0.05, 0.1) is 11.4 Å². The summed E-state index contributed by atoms with van der Waals surface area (Å²) in [7, 11) is 0. The fourth-order valence-electron chi connectivity index (χ4n) is 1.48. The molecule has 0 atom stereocenters. The summed E-state index contributed by atoms with van der Waals surface area (Å²) in [5.74, 6) is 0. The Balaban J connectivity index is 2.07. The van der Waals surface area contributed by atoms with Gasteiger partial charge in [-0.05, 0) is 35.9 Å². The van der Waals surface area contributed by atoms with Crippen molar-refractivity contribution < 1.29 is 0 Å². The average molecular weight is 312 g/mol. The van der Waals surface area contributed by atoms with E-state index in [1.165, 1.54) is 5.56 Å². The minimum Gasteiger partial charge on any atom is -0.397 e. The molecule has 4 heteroatoms. The van der Waals surface area contributed by atoms with Crippen LogP contribution in [0.25, 0.3) is 0 Å². The fraction of sp³-hybridized carbons (Fsp3) is 0.0769. The van der Waals surface area contributed by atoms with Crippen LogP contribution < -0.4 is 11.1 Å². The van der Waals surface area contributed by atoms with Crippen molar-refractivity contribution >= 4 is 38.9 Å². The zero-order chi connectivity index (χ0) is 12.3. The Morgan fingerprint density at radius 3 is 2.53 bits per heavy atom. The lowest BCUT2D eigenvalue weighted by Crippen LogP contribution is -2.02. The second-order valence-electron chi connectivity index (χ2n) is 3.71. The van der Waals surface area contributed by atoms with Gasteiger partial charge in [-0.2, -0.15) is 0 Å². The van der Waals surface area contributed by atoms with Crippen LogP contribution in [-0.2, 0) is 6.54 Å². The summed E-state index contributed by atoms with van der Waals surface area (Å²) in [5.41, 5.74) is 8.60. The van der Waals surface area contributed by atoms with E-state index in [0.29, 0.717) is 10.7 Å². The number of nitrogens with one attached hydrogen (secondary N) is 1. The predicted molar refractivity (Wildman–Crippen MR) is 77.3 cm³/mol. The van der Waals surface area contributed by atoms with Crippen LogP contribution in [0.4, 0.5) is 11.4 Å². The van der Waals surface area contributed by atoms with Gasteiger partial charge in [0.1, 0.15) is 0 Å². The SMILES string of the molecule is Nc1ccc(Cl)cc1NCc1ccc(Br)cc1. The monoisotopic (exact) mass is 310 g/mol.